The first-order valence-corrected chi connectivity index (χ1v) is 13.4. The first-order chi connectivity index (χ1) is 17.6. The van der Waals surface area contributed by atoms with Crippen molar-refractivity contribution in [3.05, 3.63) is 35.6 Å². The molecule has 2 aliphatic rings. The molecule has 37 heavy (non-hydrogen) atoms. The van der Waals surface area contributed by atoms with E-state index in [-0.39, 0.29) is 23.8 Å². The number of likely N-dealkylation sites (tertiary alicyclic amines) is 2. The van der Waals surface area contributed by atoms with Crippen LogP contribution in [0.4, 0.5) is 9.18 Å². The van der Waals surface area contributed by atoms with E-state index >= 15 is 0 Å². The van der Waals surface area contributed by atoms with Gasteiger partial charge in [0.1, 0.15) is 16.9 Å². The number of carbonyl (C=O) groups is 1. The minimum Gasteiger partial charge on any atom is -0.444 e. The van der Waals surface area contributed by atoms with E-state index in [1.807, 2.05) is 38.7 Å². The molecule has 0 spiro atoms. The number of halogens is 1. The third-order valence-electron chi connectivity index (χ3n) is 7.55. The number of aromatic nitrogens is 4. The third-order valence-corrected chi connectivity index (χ3v) is 7.55. The summed E-state index contributed by atoms with van der Waals surface area (Å²) in [6.07, 6.45) is 3.22. The molecule has 2 atom stereocenters. The fourth-order valence-electron chi connectivity index (χ4n) is 5.72. The Morgan fingerprint density at radius 1 is 1.19 bits per heavy atom. The molecule has 0 bridgehead atoms. The average molecular weight is 513 g/mol. The quantitative estimate of drug-likeness (QED) is 0.489. The molecule has 0 saturated carbocycles. The van der Waals surface area contributed by atoms with Crippen molar-refractivity contribution < 1.29 is 18.4 Å². The summed E-state index contributed by atoms with van der Waals surface area (Å²) >= 11 is 0. The molecule has 2 fully saturated rings. The topological polar surface area (TPSA) is 89.5 Å². The number of piperidine rings is 2. The molecule has 2 saturated heterocycles. The molecule has 10 heteroatoms. The van der Waals surface area contributed by atoms with Crippen LogP contribution in [0.1, 0.15) is 71.4 Å². The monoisotopic (exact) mass is 512 g/mol. The summed E-state index contributed by atoms with van der Waals surface area (Å²) in [6, 6.07) is 5.43. The zero-order chi connectivity index (χ0) is 26.3. The summed E-state index contributed by atoms with van der Waals surface area (Å²) in [5, 5.41) is 9.49. The van der Waals surface area contributed by atoms with Crippen LogP contribution in [0.2, 0.25) is 0 Å². The van der Waals surface area contributed by atoms with Gasteiger partial charge in [-0.3, -0.25) is 4.90 Å². The Hall–Kier alpha value is -3.01. The largest absolute Gasteiger partial charge is 0.444 e. The Balaban J connectivity index is 1.21. The Bertz CT molecular complexity index is 1260. The molecule has 9 nitrogen and oxygen atoms in total. The number of fused-ring (bicyclic) bond motifs is 1. The summed E-state index contributed by atoms with van der Waals surface area (Å²) in [7, 11) is 0. The first kappa shape index (κ1) is 25.6. The zero-order valence-electron chi connectivity index (χ0n) is 22.4. The van der Waals surface area contributed by atoms with Gasteiger partial charge in [-0.1, -0.05) is 26.0 Å². The molecule has 0 radical (unpaired) electrons. The van der Waals surface area contributed by atoms with Gasteiger partial charge in [0, 0.05) is 30.4 Å². The minimum atomic E-state index is -0.482. The van der Waals surface area contributed by atoms with Crippen LogP contribution in [-0.4, -0.2) is 73.6 Å². The maximum Gasteiger partial charge on any atom is 0.410 e. The van der Waals surface area contributed by atoms with Crippen LogP contribution in [0.25, 0.3) is 16.9 Å². The van der Waals surface area contributed by atoms with Crippen LogP contribution in [0.3, 0.4) is 0 Å². The first-order valence-electron chi connectivity index (χ1n) is 13.4. The van der Waals surface area contributed by atoms with Crippen molar-refractivity contribution in [1.29, 1.82) is 0 Å². The van der Waals surface area contributed by atoms with E-state index in [0.717, 1.165) is 43.4 Å². The molecule has 2 aliphatic heterocycles. The van der Waals surface area contributed by atoms with E-state index in [4.69, 9.17) is 9.26 Å². The highest BCUT2D eigenvalue weighted by atomic mass is 19.1. The Kier molecular flexibility index (Phi) is 6.95. The van der Waals surface area contributed by atoms with Gasteiger partial charge in [0.25, 0.3) is 5.95 Å². The highest BCUT2D eigenvalue weighted by Gasteiger charge is 2.36. The number of ether oxygens (including phenoxy) is 1. The Morgan fingerprint density at radius 3 is 2.62 bits per heavy atom. The van der Waals surface area contributed by atoms with E-state index in [1.54, 1.807) is 6.07 Å². The molecular weight excluding hydrogens is 475 g/mol. The standard InChI is InChI=1S/C27H37FN6O3/c1-6-21-19-8-7-9-20(28)23(19)34(30-21)25-29-24(37-31-25)18-10-13-32(14-11-18)22-12-15-33(16-17(22)2)26(35)36-27(3,4)5/h7-9,17-18,22H,6,10-16H2,1-5H3. The summed E-state index contributed by atoms with van der Waals surface area (Å²) in [5.74, 6) is 1.03. The summed E-state index contributed by atoms with van der Waals surface area (Å²) in [6.45, 7) is 13.2. The number of benzene rings is 1. The lowest BCUT2D eigenvalue weighted by Crippen LogP contribution is -2.53. The SMILES string of the molecule is CCc1nn(-c2noc(C3CCN(C4CCN(C(=O)OC(C)(C)C)CC4C)CC3)n2)c2c(F)cccc12. The lowest BCUT2D eigenvalue weighted by atomic mass is 9.88. The number of rotatable bonds is 4. The summed E-state index contributed by atoms with van der Waals surface area (Å²) in [5.41, 5.74) is 0.708. The number of nitrogens with zero attached hydrogens (tertiary/aromatic N) is 6. The maximum absolute atomic E-state index is 14.7. The molecular formula is C27H37FN6O3. The number of para-hydroxylation sites is 1. The van der Waals surface area contributed by atoms with Crippen LogP contribution in [0.15, 0.2) is 22.7 Å². The van der Waals surface area contributed by atoms with Crippen molar-refractivity contribution in [1.82, 2.24) is 29.7 Å². The van der Waals surface area contributed by atoms with Crippen molar-refractivity contribution in [3.63, 3.8) is 0 Å². The summed E-state index contributed by atoms with van der Waals surface area (Å²) in [4.78, 5) is 21.5. The smallest absolute Gasteiger partial charge is 0.410 e. The van der Waals surface area contributed by atoms with E-state index in [2.05, 4.69) is 27.1 Å². The van der Waals surface area contributed by atoms with Crippen molar-refractivity contribution >= 4 is 17.0 Å². The summed E-state index contributed by atoms with van der Waals surface area (Å²) < 4.78 is 27.3. The molecule has 0 N–H and O–H groups in total. The zero-order valence-corrected chi connectivity index (χ0v) is 22.4. The Labute approximate surface area is 216 Å². The van der Waals surface area contributed by atoms with Gasteiger partial charge in [0.15, 0.2) is 0 Å². The van der Waals surface area contributed by atoms with E-state index in [1.165, 1.54) is 10.7 Å². The van der Waals surface area contributed by atoms with Crippen LogP contribution in [0.5, 0.6) is 0 Å². The highest BCUT2D eigenvalue weighted by molar-refractivity contribution is 5.83. The normalized spacial score (nSPS) is 22.1. The van der Waals surface area contributed by atoms with Crippen molar-refractivity contribution in [3.8, 4) is 5.95 Å². The molecule has 2 aromatic heterocycles. The van der Waals surface area contributed by atoms with Crippen molar-refractivity contribution in [2.45, 2.75) is 77.9 Å². The lowest BCUT2D eigenvalue weighted by molar-refractivity contribution is 0.000528. The average Bonchev–Trinajstić information content (AvgIpc) is 3.49. The van der Waals surface area contributed by atoms with Gasteiger partial charge in [-0.2, -0.15) is 14.8 Å². The Morgan fingerprint density at radius 2 is 1.95 bits per heavy atom. The number of hydrogen-bond acceptors (Lipinski definition) is 7. The van der Waals surface area contributed by atoms with Gasteiger partial charge in [-0.15, -0.1) is 0 Å². The number of carbonyl (C=O) groups excluding carboxylic acids is 1. The van der Waals surface area contributed by atoms with E-state index in [0.29, 0.717) is 42.9 Å². The molecule has 1 aromatic carbocycles. The van der Waals surface area contributed by atoms with Crippen molar-refractivity contribution in [2.24, 2.45) is 5.92 Å². The second-order valence-corrected chi connectivity index (χ2v) is 11.4. The molecule has 4 heterocycles. The van der Waals surface area contributed by atoms with Crippen LogP contribution in [-0.2, 0) is 11.2 Å². The van der Waals surface area contributed by atoms with Gasteiger partial charge in [0.2, 0.25) is 5.89 Å². The molecule has 5 rings (SSSR count). The van der Waals surface area contributed by atoms with Gasteiger partial charge < -0.3 is 14.2 Å². The number of aryl methyl sites for hydroxylation is 1. The number of hydrogen-bond donors (Lipinski definition) is 0. The predicted molar refractivity (Wildman–Crippen MR) is 137 cm³/mol. The van der Waals surface area contributed by atoms with Gasteiger partial charge in [0.05, 0.1) is 5.69 Å². The van der Waals surface area contributed by atoms with E-state index < -0.39 is 5.60 Å². The second kappa shape index (κ2) is 10.0. The van der Waals surface area contributed by atoms with Crippen LogP contribution >= 0.6 is 0 Å². The minimum absolute atomic E-state index is 0.159. The van der Waals surface area contributed by atoms with Crippen LogP contribution < -0.4 is 0 Å². The van der Waals surface area contributed by atoms with Gasteiger partial charge >= 0.3 is 6.09 Å². The molecule has 3 aromatic rings. The van der Waals surface area contributed by atoms with E-state index in [9.17, 15) is 9.18 Å². The second-order valence-electron chi connectivity index (χ2n) is 11.4. The fraction of sp³-hybridized carbons (Fsp3) is 0.630. The third kappa shape index (κ3) is 5.21. The van der Waals surface area contributed by atoms with Crippen molar-refractivity contribution in [2.75, 3.05) is 26.2 Å². The van der Waals surface area contributed by atoms with Gasteiger partial charge in [-0.25, -0.2) is 9.18 Å². The molecule has 0 aliphatic carbocycles. The number of amides is 1. The fourth-order valence-corrected chi connectivity index (χ4v) is 5.72. The molecule has 200 valence electrons. The molecule has 1 amide bonds. The highest BCUT2D eigenvalue weighted by Crippen LogP contribution is 2.32. The van der Waals surface area contributed by atoms with Gasteiger partial charge in [-0.05, 0) is 76.7 Å². The lowest BCUT2D eigenvalue weighted by Gasteiger charge is -2.44. The van der Waals surface area contributed by atoms with Crippen LogP contribution in [0, 0.1) is 11.7 Å². The maximum atomic E-state index is 14.7. The predicted octanol–water partition coefficient (Wildman–Crippen LogP) is 4.93. The molecule has 2 unspecified atom stereocenters.